The van der Waals surface area contributed by atoms with Gasteiger partial charge >= 0.3 is 0 Å². The maximum absolute atomic E-state index is 13.1. The Morgan fingerprint density at radius 2 is 2.14 bits per heavy atom. The van der Waals surface area contributed by atoms with Crippen LogP contribution in [0, 0.1) is 12.7 Å². The Kier molecular flexibility index (Phi) is 1.91. The molecule has 1 aromatic rings. The number of ether oxygens (including phenoxy) is 1. The quantitative estimate of drug-likeness (QED) is 0.687. The first kappa shape index (κ1) is 9.31. The predicted molar refractivity (Wildman–Crippen MR) is 54.3 cm³/mol. The summed E-state index contributed by atoms with van der Waals surface area (Å²) in [6, 6.07) is 2.96. The van der Waals surface area contributed by atoms with E-state index in [1.807, 2.05) is 20.8 Å². The molecular formula is C11H14FNO. The van der Waals surface area contributed by atoms with Crippen molar-refractivity contribution in [1.29, 1.82) is 0 Å². The Morgan fingerprint density at radius 3 is 2.86 bits per heavy atom. The van der Waals surface area contributed by atoms with E-state index in [0.29, 0.717) is 6.54 Å². The summed E-state index contributed by atoms with van der Waals surface area (Å²) >= 11 is 0. The molecule has 0 spiro atoms. The first-order chi connectivity index (χ1) is 6.48. The average Bonchev–Trinajstić information content (AvgIpc) is 2.06. The highest BCUT2D eigenvalue weighted by Gasteiger charge is 2.27. The van der Waals surface area contributed by atoms with Crippen LogP contribution in [0.3, 0.4) is 0 Å². The van der Waals surface area contributed by atoms with Gasteiger partial charge in [0.2, 0.25) is 0 Å². The molecule has 3 heteroatoms. The molecule has 0 aliphatic carbocycles. The maximum Gasteiger partial charge on any atom is 0.146 e. The smallest absolute Gasteiger partial charge is 0.146 e. The summed E-state index contributed by atoms with van der Waals surface area (Å²) in [6.45, 7) is 6.56. The molecule has 0 unspecified atom stereocenters. The van der Waals surface area contributed by atoms with Crippen molar-refractivity contribution in [3.8, 4) is 5.75 Å². The number of hydrogen-bond donors (Lipinski definition) is 1. The molecular weight excluding hydrogens is 181 g/mol. The maximum atomic E-state index is 13.1. The number of fused-ring (bicyclic) bond motifs is 1. The molecule has 14 heavy (non-hydrogen) atoms. The molecule has 1 aliphatic rings. The van der Waals surface area contributed by atoms with Crippen molar-refractivity contribution in [3.05, 3.63) is 23.5 Å². The lowest BCUT2D eigenvalue weighted by Crippen LogP contribution is -2.40. The topological polar surface area (TPSA) is 21.3 Å². The minimum atomic E-state index is -0.227. The van der Waals surface area contributed by atoms with Crippen LogP contribution in [0.4, 0.5) is 10.1 Å². The second kappa shape index (κ2) is 2.87. The number of benzene rings is 1. The van der Waals surface area contributed by atoms with Crippen LogP contribution in [0.2, 0.25) is 0 Å². The largest absolute Gasteiger partial charge is 0.484 e. The molecule has 1 heterocycles. The molecule has 0 amide bonds. The first-order valence-electron chi connectivity index (χ1n) is 4.71. The fourth-order valence-corrected chi connectivity index (χ4v) is 1.62. The average molecular weight is 195 g/mol. The fraction of sp³-hybridized carbons (Fsp3) is 0.455. The fourth-order valence-electron chi connectivity index (χ4n) is 1.62. The summed E-state index contributed by atoms with van der Waals surface area (Å²) in [5.74, 6) is 0.541. The summed E-state index contributed by atoms with van der Waals surface area (Å²) < 4.78 is 18.8. The molecule has 2 rings (SSSR count). The van der Waals surface area contributed by atoms with Crippen LogP contribution in [0.25, 0.3) is 0 Å². The van der Waals surface area contributed by atoms with Crippen molar-refractivity contribution in [2.45, 2.75) is 26.4 Å². The molecule has 1 N–H and O–H groups in total. The number of halogens is 1. The number of anilines is 1. The van der Waals surface area contributed by atoms with Gasteiger partial charge in [0.25, 0.3) is 0 Å². The van der Waals surface area contributed by atoms with Crippen molar-refractivity contribution in [1.82, 2.24) is 0 Å². The minimum Gasteiger partial charge on any atom is -0.484 e. The standard InChI is InChI=1S/C11H14FNO/c1-7-4-8(12)5-9-10(7)14-11(2,3)6-13-9/h4-5,13H,6H2,1-3H3. The van der Waals surface area contributed by atoms with E-state index in [2.05, 4.69) is 5.32 Å². The van der Waals surface area contributed by atoms with Crippen molar-refractivity contribution in [3.63, 3.8) is 0 Å². The van der Waals surface area contributed by atoms with E-state index < -0.39 is 0 Å². The van der Waals surface area contributed by atoms with Crippen molar-refractivity contribution in [2.75, 3.05) is 11.9 Å². The number of nitrogens with one attached hydrogen (secondary N) is 1. The van der Waals surface area contributed by atoms with Crippen LogP contribution in [0.1, 0.15) is 19.4 Å². The van der Waals surface area contributed by atoms with Gasteiger partial charge in [-0.2, -0.15) is 0 Å². The zero-order chi connectivity index (χ0) is 10.3. The van der Waals surface area contributed by atoms with Gasteiger partial charge in [-0.25, -0.2) is 4.39 Å². The van der Waals surface area contributed by atoms with E-state index in [0.717, 1.165) is 17.0 Å². The van der Waals surface area contributed by atoms with Crippen LogP contribution in [0.5, 0.6) is 5.75 Å². The first-order valence-corrected chi connectivity index (χ1v) is 4.71. The van der Waals surface area contributed by atoms with Crippen LogP contribution in [-0.4, -0.2) is 12.1 Å². The van der Waals surface area contributed by atoms with Crippen LogP contribution in [-0.2, 0) is 0 Å². The molecule has 1 aromatic carbocycles. The second-order valence-corrected chi connectivity index (χ2v) is 4.31. The third kappa shape index (κ3) is 1.54. The molecule has 2 nitrogen and oxygen atoms in total. The third-order valence-electron chi connectivity index (χ3n) is 2.32. The van der Waals surface area contributed by atoms with Crippen molar-refractivity contribution < 1.29 is 9.13 Å². The van der Waals surface area contributed by atoms with Gasteiger partial charge in [0.15, 0.2) is 0 Å². The van der Waals surface area contributed by atoms with Crippen LogP contribution >= 0.6 is 0 Å². The molecule has 0 atom stereocenters. The normalized spacial score (nSPS) is 18.0. The van der Waals surface area contributed by atoms with Gasteiger partial charge in [-0.15, -0.1) is 0 Å². The monoisotopic (exact) mass is 195 g/mol. The summed E-state index contributed by atoms with van der Waals surface area (Å²) in [6.07, 6.45) is 0. The van der Waals surface area contributed by atoms with Gasteiger partial charge < -0.3 is 10.1 Å². The summed E-state index contributed by atoms with van der Waals surface area (Å²) in [5.41, 5.74) is 1.36. The Balaban J connectivity index is 2.47. The molecule has 76 valence electrons. The summed E-state index contributed by atoms with van der Waals surface area (Å²) in [4.78, 5) is 0. The Labute approximate surface area is 83.1 Å². The van der Waals surface area contributed by atoms with Crippen molar-refractivity contribution in [2.24, 2.45) is 0 Å². The molecule has 0 saturated carbocycles. The van der Waals surface area contributed by atoms with E-state index in [-0.39, 0.29) is 11.4 Å². The molecule has 0 saturated heterocycles. The summed E-state index contributed by atoms with van der Waals surface area (Å²) in [7, 11) is 0. The van der Waals surface area contributed by atoms with Crippen molar-refractivity contribution >= 4 is 5.69 Å². The van der Waals surface area contributed by atoms with E-state index in [9.17, 15) is 4.39 Å². The van der Waals surface area contributed by atoms with Crippen LogP contribution < -0.4 is 10.1 Å². The number of rotatable bonds is 0. The van der Waals surface area contributed by atoms with Gasteiger partial charge in [0.05, 0.1) is 12.2 Å². The van der Waals surface area contributed by atoms with Crippen LogP contribution in [0.15, 0.2) is 12.1 Å². The Bertz CT molecular complexity index is 374. The van der Waals surface area contributed by atoms with Gasteiger partial charge in [0, 0.05) is 6.07 Å². The zero-order valence-electron chi connectivity index (χ0n) is 8.65. The molecule has 0 fully saturated rings. The third-order valence-corrected chi connectivity index (χ3v) is 2.32. The molecule has 0 aromatic heterocycles. The molecule has 0 radical (unpaired) electrons. The van der Waals surface area contributed by atoms with Gasteiger partial charge in [-0.05, 0) is 32.4 Å². The molecule has 1 aliphatic heterocycles. The number of hydrogen-bond acceptors (Lipinski definition) is 2. The zero-order valence-corrected chi connectivity index (χ0v) is 8.65. The van der Waals surface area contributed by atoms with E-state index >= 15 is 0 Å². The van der Waals surface area contributed by atoms with Gasteiger partial charge in [-0.3, -0.25) is 0 Å². The molecule has 0 bridgehead atoms. The Morgan fingerprint density at radius 1 is 1.43 bits per heavy atom. The number of aryl methyl sites for hydroxylation is 1. The lowest BCUT2D eigenvalue weighted by Gasteiger charge is -2.34. The second-order valence-electron chi connectivity index (χ2n) is 4.31. The highest BCUT2D eigenvalue weighted by molar-refractivity contribution is 5.62. The lowest BCUT2D eigenvalue weighted by molar-refractivity contribution is 0.115. The minimum absolute atomic E-state index is 0.225. The highest BCUT2D eigenvalue weighted by Crippen LogP contribution is 2.36. The Hall–Kier alpha value is -1.25. The SMILES string of the molecule is Cc1cc(F)cc2c1OC(C)(C)CN2. The van der Waals surface area contributed by atoms with E-state index in [4.69, 9.17) is 4.74 Å². The van der Waals surface area contributed by atoms with Gasteiger partial charge in [0.1, 0.15) is 17.2 Å². The summed E-state index contributed by atoms with van der Waals surface area (Å²) in [5, 5.41) is 3.17. The predicted octanol–water partition coefficient (Wildman–Crippen LogP) is 2.72. The van der Waals surface area contributed by atoms with E-state index in [1.165, 1.54) is 12.1 Å². The van der Waals surface area contributed by atoms with Gasteiger partial charge in [-0.1, -0.05) is 0 Å². The lowest BCUT2D eigenvalue weighted by atomic mass is 10.1. The van der Waals surface area contributed by atoms with E-state index in [1.54, 1.807) is 0 Å². The highest BCUT2D eigenvalue weighted by atomic mass is 19.1.